The normalized spacial score (nSPS) is 28.0. The van der Waals surface area contributed by atoms with Crippen LogP contribution in [-0.2, 0) is 6.54 Å². The number of aromatic nitrogens is 1. The van der Waals surface area contributed by atoms with Crippen molar-refractivity contribution in [2.45, 2.75) is 50.5 Å². The molecule has 2 amide bonds. The van der Waals surface area contributed by atoms with Gasteiger partial charge in [-0.1, -0.05) is 12.2 Å². The Morgan fingerprint density at radius 3 is 3.17 bits per heavy atom. The number of nitrogens with zero attached hydrogens (tertiary/aromatic N) is 2. The predicted molar refractivity (Wildman–Crippen MR) is 89.1 cm³/mol. The SMILES string of the molecule is O=C(NC[C@@H]1C[C@H](F)CN1Cc1nccs1)N[C@@H]1C=CCCC1. The molecule has 0 aromatic carbocycles. The third-order valence-corrected chi connectivity index (χ3v) is 5.13. The zero-order valence-corrected chi connectivity index (χ0v) is 13.9. The summed E-state index contributed by atoms with van der Waals surface area (Å²) in [5.74, 6) is 0. The highest BCUT2D eigenvalue weighted by Crippen LogP contribution is 2.23. The third-order valence-electron chi connectivity index (χ3n) is 4.37. The van der Waals surface area contributed by atoms with Crippen LogP contribution in [0.5, 0.6) is 0 Å². The fourth-order valence-corrected chi connectivity index (χ4v) is 3.84. The summed E-state index contributed by atoms with van der Waals surface area (Å²) in [6, 6.07) is -0.0210. The number of amides is 2. The molecule has 2 aliphatic rings. The first kappa shape index (κ1) is 16.4. The fraction of sp³-hybridized carbons (Fsp3) is 0.625. The molecule has 126 valence electrons. The van der Waals surface area contributed by atoms with Crippen molar-refractivity contribution in [3.8, 4) is 0 Å². The second-order valence-corrected chi connectivity index (χ2v) is 7.14. The highest BCUT2D eigenvalue weighted by atomic mass is 32.1. The number of carbonyl (C=O) groups is 1. The first-order valence-electron chi connectivity index (χ1n) is 8.18. The summed E-state index contributed by atoms with van der Waals surface area (Å²) in [6.45, 7) is 1.53. The Hall–Kier alpha value is -1.47. The molecule has 1 aliphatic carbocycles. The van der Waals surface area contributed by atoms with Crippen molar-refractivity contribution >= 4 is 17.4 Å². The standard InChI is InChI=1S/C16H23FN4OS/c17-12-8-14(21(10-12)11-15-18-6-7-23-15)9-19-16(22)20-13-4-2-1-3-5-13/h2,4,6-7,12-14H,1,3,5,8-11H2,(H2,19,20,22)/t12-,13+,14-/m0/s1. The van der Waals surface area contributed by atoms with E-state index in [-0.39, 0.29) is 18.1 Å². The van der Waals surface area contributed by atoms with E-state index in [0.717, 1.165) is 24.3 Å². The summed E-state index contributed by atoms with van der Waals surface area (Å²) >= 11 is 1.58. The number of urea groups is 1. The van der Waals surface area contributed by atoms with Gasteiger partial charge in [-0.25, -0.2) is 14.2 Å². The van der Waals surface area contributed by atoms with Crippen LogP contribution >= 0.6 is 11.3 Å². The van der Waals surface area contributed by atoms with Crippen LogP contribution in [-0.4, -0.2) is 47.3 Å². The van der Waals surface area contributed by atoms with Gasteiger partial charge in [-0.3, -0.25) is 4.90 Å². The van der Waals surface area contributed by atoms with E-state index in [2.05, 4.69) is 26.6 Å². The molecule has 0 spiro atoms. The fourth-order valence-electron chi connectivity index (χ4n) is 3.20. The second kappa shape index (κ2) is 7.88. The summed E-state index contributed by atoms with van der Waals surface area (Å²) in [6.07, 6.45) is 8.73. The summed E-state index contributed by atoms with van der Waals surface area (Å²) in [7, 11) is 0. The number of thiazole rings is 1. The van der Waals surface area contributed by atoms with Gasteiger partial charge in [0.25, 0.3) is 0 Å². The molecule has 1 aromatic heterocycles. The number of likely N-dealkylation sites (tertiary alicyclic amines) is 1. The van der Waals surface area contributed by atoms with Crippen LogP contribution in [0.15, 0.2) is 23.7 Å². The number of rotatable bonds is 5. The lowest BCUT2D eigenvalue weighted by atomic mass is 10.0. The molecular formula is C16H23FN4OS. The topological polar surface area (TPSA) is 57.3 Å². The molecule has 1 aliphatic heterocycles. The van der Waals surface area contributed by atoms with E-state index >= 15 is 0 Å². The van der Waals surface area contributed by atoms with E-state index < -0.39 is 6.17 Å². The van der Waals surface area contributed by atoms with Gasteiger partial charge in [0.15, 0.2) is 0 Å². The number of hydrogen-bond acceptors (Lipinski definition) is 4. The van der Waals surface area contributed by atoms with Gasteiger partial charge in [0.1, 0.15) is 11.2 Å². The zero-order valence-electron chi connectivity index (χ0n) is 13.1. The van der Waals surface area contributed by atoms with Crippen molar-refractivity contribution < 1.29 is 9.18 Å². The molecule has 0 radical (unpaired) electrons. The number of allylic oxidation sites excluding steroid dienone is 1. The van der Waals surface area contributed by atoms with Crippen molar-refractivity contribution in [1.29, 1.82) is 0 Å². The molecule has 7 heteroatoms. The monoisotopic (exact) mass is 338 g/mol. The lowest BCUT2D eigenvalue weighted by Gasteiger charge is -2.24. The van der Waals surface area contributed by atoms with Crippen molar-refractivity contribution in [1.82, 2.24) is 20.5 Å². The van der Waals surface area contributed by atoms with Gasteiger partial charge < -0.3 is 10.6 Å². The quantitative estimate of drug-likeness (QED) is 0.811. The van der Waals surface area contributed by atoms with Crippen molar-refractivity contribution in [3.05, 3.63) is 28.7 Å². The maximum Gasteiger partial charge on any atom is 0.315 e. The highest BCUT2D eigenvalue weighted by molar-refractivity contribution is 7.09. The molecule has 1 fully saturated rings. The molecule has 23 heavy (non-hydrogen) atoms. The largest absolute Gasteiger partial charge is 0.337 e. The third kappa shape index (κ3) is 4.75. The number of nitrogens with one attached hydrogen (secondary N) is 2. The summed E-state index contributed by atoms with van der Waals surface area (Å²) in [5.41, 5.74) is 0. The lowest BCUT2D eigenvalue weighted by molar-refractivity contribution is 0.217. The minimum atomic E-state index is -0.828. The van der Waals surface area contributed by atoms with Crippen LogP contribution in [0, 0.1) is 0 Å². The lowest BCUT2D eigenvalue weighted by Crippen LogP contribution is -2.46. The van der Waals surface area contributed by atoms with Crippen LogP contribution < -0.4 is 10.6 Å². The molecule has 2 heterocycles. The maximum atomic E-state index is 13.8. The van der Waals surface area contributed by atoms with Gasteiger partial charge in [0.2, 0.25) is 0 Å². The Morgan fingerprint density at radius 1 is 1.52 bits per heavy atom. The Bertz CT molecular complexity index is 536. The van der Waals surface area contributed by atoms with Crippen LogP contribution in [0.25, 0.3) is 0 Å². The number of alkyl halides is 1. The van der Waals surface area contributed by atoms with Gasteiger partial charge in [-0.15, -0.1) is 11.3 Å². The van der Waals surface area contributed by atoms with Gasteiger partial charge in [-0.05, 0) is 25.7 Å². The number of carbonyl (C=O) groups excluding carboxylic acids is 1. The average molecular weight is 338 g/mol. The Kier molecular flexibility index (Phi) is 5.61. The van der Waals surface area contributed by atoms with E-state index in [1.165, 1.54) is 0 Å². The van der Waals surface area contributed by atoms with E-state index in [1.54, 1.807) is 17.5 Å². The van der Waals surface area contributed by atoms with Crippen molar-refractivity contribution in [2.75, 3.05) is 13.1 Å². The predicted octanol–water partition coefficient (Wildman–Crippen LogP) is 2.46. The highest BCUT2D eigenvalue weighted by Gasteiger charge is 2.32. The molecule has 0 unspecified atom stereocenters. The molecule has 1 aromatic rings. The summed E-state index contributed by atoms with van der Waals surface area (Å²) < 4.78 is 13.8. The smallest absolute Gasteiger partial charge is 0.315 e. The van der Waals surface area contributed by atoms with Gasteiger partial charge in [0.05, 0.1) is 6.54 Å². The molecule has 3 rings (SSSR count). The van der Waals surface area contributed by atoms with Gasteiger partial charge >= 0.3 is 6.03 Å². The minimum Gasteiger partial charge on any atom is -0.337 e. The van der Waals surface area contributed by atoms with Crippen LogP contribution in [0.2, 0.25) is 0 Å². The summed E-state index contributed by atoms with van der Waals surface area (Å²) in [4.78, 5) is 18.3. The molecule has 2 N–H and O–H groups in total. The van der Waals surface area contributed by atoms with E-state index in [0.29, 0.717) is 26.1 Å². The van der Waals surface area contributed by atoms with Crippen molar-refractivity contribution in [3.63, 3.8) is 0 Å². The summed E-state index contributed by atoms with van der Waals surface area (Å²) in [5, 5.41) is 8.76. The molecule has 5 nitrogen and oxygen atoms in total. The Balaban J connectivity index is 1.46. The van der Waals surface area contributed by atoms with Crippen LogP contribution in [0.3, 0.4) is 0 Å². The van der Waals surface area contributed by atoms with Crippen LogP contribution in [0.1, 0.15) is 30.7 Å². The Labute approximate surface area is 140 Å². The zero-order chi connectivity index (χ0) is 16.1. The van der Waals surface area contributed by atoms with Gasteiger partial charge in [-0.2, -0.15) is 0 Å². The molecule has 0 saturated carbocycles. The van der Waals surface area contributed by atoms with Crippen LogP contribution in [0.4, 0.5) is 9.18 Å². The van der Waals surface area contributed by atoms with E-state index in [4.69, 9.17) is 0 Å². The van der Waals surface area contributed by atoms with Crippen molar-refractivity contribution in [2.24, 2.45) is 0 Å². The van der Waals surface area contributed by atoms with E-state index in [9.17, 15) is 9.18 Å². The first-order chi connectivity index (χ1) is 11.2. The molecular weight excluding hydrogens is 315 g/mol. The molecule has 1 saturated heterocycles. The number of hydrogen-bond donors (Lipinski definition) is 2. The second-order valence-electron chi connectivity index (χ2n) is 6.16. The minimum absolute atomic E-state index is 0.0292. The van der Waals surface area contributed by atoms with Gasteiger partial charge in [0, 0.05) is 36.8 Å². The molecule has 0 bridgehead atoms. The average Bonchev–Trinajstić information content (AvgIpc) is 3.16. The first-order valence-corrected chi connectivity index (χ1v) is 9.06. The molecule has 3 atom stereocenters. The Morgan fingerprint density at radius 2 is 2.43 bits per heavy atom. The maximum absolute atomic E-state index is 13.8. The number of halogens is 1. The van der Waals surface area contributed by atoms with E-state index in [1.807, 2.05) is 11.5 Å².